The van der Waals surface area contributed by atoms with Crippen molar-refractivity contribution >= 4 is 5.82 Å². The van der Waals surface area contributed by atoms with Gasteiger partial charge in [0, 0.05) is 38.7 Å². The molecular weight excluding hydrogens is 232 g/mol. The number of nitrogens with zero attached hydrogens (tertiary/aromatic N) is 2. The Hall–Kier alpha value is -1.40. The van der Waals surface area contributed by atoms with Gasteiger partial charge in [0.1, 0.15) is 11.6 Å². The molecule has 1 aliphatic heterocycles. The van der Waals surface area contributed by atoms with Gasteiger partial charge in [0.25, 0.3) is 5.56 Å². The summed E-state index contributed by atoms with van der Waals surface area (Å²) in [5.41, 5.74) is -0.101. The quantitative estimate of drug-likeness (QED) is 0.776. The summed E-state index contributed by atoms with van der Waals surface area (Å²) < 4.78 is 5.29. The van der Waals surface area contributed by atoms with E-state index in [0.717, 1.165) is 51.6 Å². The fraction of sp³-hybridized carbons (Fsp3) is 0.667. The molecule has 0 radical (unpaired) electrons. The van der Waals surface area contributed by atoms with Gasteiger partial charge in [0.15, 0.2) is 0 Å². The molecule has 0 bridgehead atoms. The van der Waals surface area contributed by atoms with Crippen molar-refractivity contribution in [1.82, 2.24) is 14.9 Å². The molecule has 1 fully saturated rings. The summed E-state index contributed by atoms with van der Waals surface area (Å²) in [7, 11) is 0. The van der Waals surface area contributed by atoms with Gasteiger partial charge < -0.3 is 15.0 Å². The summed E-state index contributed by atoms with van der Waals surface area (Å²) in [6.45, 7) is 7.27. The normalized spacial score (nSPS) is 16.7. The number of rotatable bonds is 5. The van der Waals surface area contributed by atoms with Crippen molar-refractivity contribution in [1.29, 1.82) is 0 Å². The van der Waals surface area contributed by atoms with E-state index in [9.17, 15) is 4.79 Å². The number of ether oxygens (including phenoxy) is 1. The van der Waals surface area contributed by atoms with Crippen molar-refractivity contribution in [2.24, 2.45) is 0 Å². The number of morpholine rings is 1. The Morgan fingerprint density at radius 3 is 3.00 bits per heavy atom. The Morgan fingerprint density at radius 2 is 2.28 bits per heavy atom. The molecule has 0 unspecified atom stereocenters. The lowest BCUT2D eigenvalue weighted by Crippen LogP contribution is -2.39. The number of hydrogen-bond donors (Lipinski definition) is 2. The molecule has 1 aromatic rings. The summed E-state index contributed by atoms with van der Waals surface area (Å²) in [6.07, 6.45) is 0.730. The Balaban J connectivity index is 1.82. The highest BCUT2D eigenvalue weighted by Gasteiger charge is 2.09. The molecule has 18 heavy (non-hydrogen) atoms. The van der Waals surface area contributed by atoms with Crippen LogP contribution in [0.3, 0.4) is 0 Å². The van der Waals surface area contributed by atoms with E-state index in [-0.39, 0.29) is 5.56 Å². The van der Waals surface area contributed by atoms with Crippen molar-refractivity contribution in [3.8, 4) is 0 Å². The van der Waals surface area contributed by atoms with Gasteiger partial charge in [-0.3, -0.25) is 9.69 Å². The highest BCUT2D eigenvalue weighted by molar-refractivity contribution is 5.32. The number of aryl methyl sites for hydroxylation is 1. The maximum atomic E-state index is 11.4. The monoisotopic (exact) mass is 252 g/mol. The highest BCUT2D eigenvalue weighted by atomic mass is 16.5. The second kappa shape index (κ2) is 6.51. The molecule has 0 aromatic carbocycles. The molecule has 6 nitrogen and oxygen atoms in total. The lowest BCUT2D eigenvalue weighted by Gasteiger charge is -2.26. The number of anilines is 1. The number of H-pyrrole nitrogens is 1. The molecule has 1 aromatic heterocycles. The van der Waals surface area contributed by atoms with Gasteiger partial charge in [0.2, 0.25) is 0 Å². The van der Waals surface area contributed by atoms with E-state index >= 15 is 0 Å². The molecule has 6 heteroatoms. The van der Waals surface area contributed by atoms with Gasteiger partial charge >= 0.3 is 0 Å². The lowest BCUT2D eigenvalue weighted by atomic mass is 10.4. The van der Waals surface area contributed by atoms with E-state index in [1.165, 1.54) is 6.07 Å². The van der Waals surface area contributed by atoms with Crippen LogP contribution in [0.5, 0.6) is 0 Å². The van der Waals surface area contributed by atoms with Crippen LogP contribution >= 0.6 is 0 Å². The third-order valence-corrected chi connectivity index (χ3v) is 2.96. The highest BCUT2D eigenvalue weighted by Crippen LogP contribution is 2.00. The number of hydrogen-bond acceptors (Lipinski definition) is 5. The molecule has 0 aliphatic carbocycles. The zero-order chi connectivity index (χ0) is 12.8. The summed E-state index contributed by atoms with van der Waals surface area (Å²) in [4.78, 5) is 20.7. The number of aromatic nitrogens is 2. The zero-order valence-corrected chi connectivity index (χ0v) is 10.7. The first-order valence-electron chi connectivity index (χ1n) is 6.42. The molecule has 2 heterocycles. The van der Waals surface area contributed by atoms with Crippen molar-refractivity contribution in [3.05, 3.63) is 22.2 Å². The van der Waals surface area contributed by atoms with E-state index in [4.69, 9.17) is 4.74 Å². The first-order valence-corrected chi connectivity index (χ1v) is 6.42. The summed E-state index contributed by atoms with van der Waals surface area (Å²) in [5, 5.41) is 3.19. The van der Waals surface area contributed by atoms with Gasteiger partial charge in [-0.25, -0.2) is 4.98 Å². The van der Waals surface area contributed by atoms with E-state index in [2.05, 4.69) is 20.2 Å². The maximum Gasteiger partial charge on any atom is 0.252 e. The van der Waals surface area contributed by atoms with Crippen LogP contribution < -0.4 is 10.9 Å². The van der Waals surface area contributed by atoms with Crippen LogP contribution in [0.2, 0.25) is 0 Å². The first kappa shape index (κ1) is 13.0. The Morgan fingerprint density at radius 1 is 1.50 bits per heavy atom. The molecular formula is C12H20N4O2. The van der Waals surface area contributed by atoms with E-state index in [1.54, 1.807) is 0 Å². The molecule has 0 saturated carbocycles. The van der Waals surface area contributed by atoms with Crippen LogP contribution in [0.1, 0.15) is 12.7 Å². The minimum atomic E-state index is -0.101. The van der Waals surface area contributed by atoms with Crippen LogP contribution in [-0.4, -0.2) is 54.3 Å². The fourth-order valence-electron chi connectivity index (χ4n) is 1.93. The second-order valence-corrected chi connectivity index (χ2v) is 4.31. The molecule has 100 valence electrons. The van der Waals surface area contributed by atoms with Crippen molar-refractivity contribution in [2.75, 3.05) is 44.7 Å². The smallest absolute Gasteiger partial charge is 0.252 e. The SMILES string of the molecule is CCc1nc(NCCN2CCOCC2)cc(=O)[nH]1. The predicted molar refractivity (Wildman–Crippen MR) is 70.0 cm³/mol. The molecule has 0 amide bonds. The van der Waals surface area contributed by atoms with E-state index in [0.29, 0.717) is 5.82 Å². The van der Waals surface area contributed by atoms with E-state index < -0.39 is 0 Å². The Kier molecular flexibility index (Phi) is 4.72. The predicted octanol–water partition coefficient (Wildman–Crippen LogP) is 0.0764. The van der Waals surface area contributed by atoms with Gasteiger partial charge in [-0.2, -0.15) is 0 Å². The van der Waals surface area contributed by atoms with Gasteiger partial charge in [-0.1, -0.05) is 6.92 Å². The third-order valence-electron chi connectivity index (χ3n) is 2.96. The Bertz CT molecular complexity index is 426. The van der Waals surface area contributed by atoms with Crippen LogP contribution in [0, 0.1) is 0 Å². The Labute approximate surface area is 106 Å². The fourth-order valence-corrected chi connectivity index (χ4v) is 1.93. The van der Waals surface area contributed by atoms with E-state index in [1.807, 2.05) is 6.92 Å². The van der Waals surface area contributed by atoms with Crippen LogP contribution in [-0.2, 0) is 11.2 Å². The molecule has 0 atom stereocenters. The van der Waals surface area contributed by atoms with Gasteiger partial charge in [0.05, 0.1) is 13.2 Å². The van der Waals surface area contributed by atoms with Crippen molar-refractivity contribution in [2.45, 2.75) is 13.3 Å². The van der Waals surface area contributed by atoms with Crippen LogP contribution in [0.15, 0.2) is 10.9 Å². The van der Waals surface area contributed by atoms with Crippen molar-refractivity contribution in [3.63, 3.8) is 0 Å². The second-order valence-electron chi connectivity index (χ2n) is 4.31. The molecule has 2 rings (SSSR count). The van der Waals surface area contributed by atoms with Gasteiger partial charge in [-0.15, -0.1) is 0 Å². The molecule has 1 saturated heterocycles. The first-order chi connectivity index (χ1) is 8.78. The minimum Gasteiger partial charge on any atom is -0.379 e. The lowest BCUT2D eigenvalue weighted by molar-refractivity contribution is 0.0398. The summed E-state index contributed by atoms with van der Waals surface area (Å²) in [6, 6.07) is 1.50. The third kappa shape index (κ3) is 3.82. The average molecular weight is 252 g/mol. The van der Waals surface area contributed by atoms with Crippen LogP contribution in [0.25, 0.3) is 0 Å². The largest absolute Gasteiger partial charge is 0.379 e. The zero-order valence-electron chi connectivity index (χ0n) is 10.7. The molecule has 0 spiro atoms. The number of nitrogens with one attached hydrogen (secondary N) is 2. The maximum absolute atomic E-state index is 11.4. The minimum absolute atomic E-state index is 0.101. The van der Waals surface area contributed by atoms with Gasteiger partial charge in [-0.05, 0) is 0 Å². The molecule has 2 N–H and O–H groups in total. The average Bonchev–Trinajstić information content (AvgIpc) is 2.39. The van der Waals surface area contributed by atoms with Crippen molar-refractivity contribution < 1.29 is 4.74 Å². The molecule has 1 aliphatic rings. The standard InChI is InChI=1S/C12H20N4O2/c1-2-10-14-11(9-12(17)15-10)13-3-4-16-5-7-18-8-6-16/h9H,2-8H2,1H3,(H2,13,14,15,17). The number of aromatic amines is 1. The summed E-state index contributed by atoms with van der Waals surface area (Å²) >= 11 is 0. The van der Waals surface area contributed by atoms with Crippen LogP contribution in [0.4, 0.5) is 5.82 Å². The topological polar surface area (TPSA) is 70.2 Å². The summed E-state index contributed by atoms with van der Waals surface area (Å²) in [5.74, 6) is 1.38.